The first-order valence-electron chi connectivity index (χ1n) is 8.28. The van der Waals surface area contributed by atoms with Gasteiger partial charge in [0.05, 0.1) is 24.4 Å². The Morgan fingerprint density at radius 1 is 1.07 bits per heavy atom. The lowest BCUT2D eigenvalue weighted by atomic mass is 9.96. The number of aliphatic hydroxyl groups excluding tert-OH is 1. The van der Waals surface area contributed by atoms with E-state index in [2.05, 4.69) is 9.97 Å². The van der Waals surface area contributed by atoms with E-state index < -0.39 is 17.7 Å². The van der Waals surface area contributed by atoms with Crippen molar-refractivity contribution >= 4 is 17.4 Å². The Morgan fingerprint density at radius 3 is 2.56 bits per heavy atom. The summed E-state index contributed by atoms with van der Waals surface area (Å²) in [6, 6.07) is 9.31. The average Bonchev–Trinajstić information content (AvgIpc) is 3.31. The molecule has 4 heterocycles. The zero-order valence-corrected chi connectivity index (χ0v) is 14.1. The van der Waals surface area contributed by atoms with E-state index in [-0.39, 0.29) is 17.9 Å². The van der Waals surface area contributed by atoms with Crippen molar-refractivity contribution in [2.75, 3.05) is 0 Å². The first-order valence-corrected chi connectivity index (χ1v) is 8.28. The highest BCUT2D eigenvalue weighted by molar-refractivity contribution is 6.46. The summed E-state index contributed by atoms with van der Waals surface area (Å²) in [6.07, 6.45) is 7.69. The molecule has 0 bridgehead atoms. The maximum atomic E-state index is 12.8. The third kappa shape index (κ3) is 2.99. The van der Waals surface area contributed by atoms with Crippen LogP contribution in [-0.4, -0.2) is 31.7 Å². The van der Waals surface area contributed by atoms with Crippen LogP contribution >= 0.6 is 0 Å². The molecule has 0 radical (unpaired) electrons. The molecule has 3 aromatic heterocycles. The fraction of sp³-hybridized carbons (Fsp3) is 0.100. The van der Waals surface area contributed by atoms with E-state index in [1.807, 2.05) is 0 Å². The molecule has 1 saturated heterocycles. The first-order chi connectivity index (χ1) is 13.2. The molecule has 0 spiro atoms. The highest BCUT2D eigenvalue weighted by atomic mass is 16.3. The van der Waals surface area contributed by atoms with E-state index >= 15 is 0 Å². The molecule has 1 aliphatic heterocycles. The lowest BCUT2D eigenvalue weighted by Crippen LogP contribution is -2.29. The summed E-state index contributed by atoms with van der Waals surface area (Å²) in [5.41, 5.74) is 1.06. The van der Waals surface area contributed by atoms with Crippen LogP contribution in [0.25, 0.3) is 5.76 Å². The molecule has 7 heteroatoms. The number of rotatable bonds is 4. The largest absolute Gasteiger partial charge is 0.507 e. The molecule has 1 N–H and O–H groups in total. The van der Waals surface area contributed by atoms with Gasteiger partial charge in [-0.2, -0.15) is 0 Å². The quantitative estimate of drug-likeness (QED) is 0.436. The smallest absolute Gasteiger partial charge is 0.296 e. The topological polar surface area (TPSA) is 96.5 Å². The fourth-order valence-corrected chi connectivity index (χ4v) is 3.16. The summed E-state index contributed by atoms with van der Waals surface area (Å²) < 4.78 is 5.34. The normalized spacial score (nSPS) is 18.8. The molecule has 7 nitrogen and oxygen atoms in total. The van der Waals surface area contributed by atoms with E-state index in [9.17, 15) is 14.7 Å². The average molecular weight is 361 g/mol. The Bertz CT molecular complexity index is 998. The number of Topliss-reactive ketones (excluding diaryl/α,β-unsaturated/α-hetero) is 1. The molecular formula is C20H15N3O4. The van der Waals surface area contributed by atoms with E-state index in [1.54, 1.807) is 48.8 Å². The number of likely N-dealkylation sites (tertiary alicyclic amines) is 1. The molecule has 4 rings (SSSR count). The molecule has 27 heavy (non-hydrogen) atoms. The lowest BCUT2D eigenvalue weighted by molar-refractivity contribution is -0.140. The van der Waals surface area contributed by atoms with Crippen LogP contribution in [0.5, 0.6) is 0 Å². The second-order valence-electron chi connectivity index (χ2n) is 6.03. The van der Waals surface area contributed by atoms with Gasteiger partial charge >= 0.3 is 0 Å². The number of amides is 1. The van der Waals surface area contributed by atoms with Crippen LogP contribution < -0.4 is 0 Å². The van der Waals surface area contributed by atoms with Crippen LogP contribution in [0, 0.1) is 0 Å². The van der Waals surface area contributed by atoms with Crippen LogP contribution in [0.2, 0.25) is 0 Å². The molecule has 134 valence electrons. The van der Waals surface area contributed by atoms with E-state index in [0.29, 0.717) is 16.9 Å². The minimum Gasteiger partial charge on any atom is -0.507 e. The van der Waals surface area contributed by atoms with Crippen LogP contribution in [0.3, 0.4) is 0 Å². The SMILES string of the molecule is O=C1C(=O)N(Cc2ccco2)C(c2cccnc2)/C1=C(\O)c1ccncc1. The molecule has 1 atom stereocenters. The Kier molecular flexibility index (Phi) is 4.25. The summed E-state index contributed by atoms with van der Waals surface area (Å²) in [5.74, 6) is -1.15. The number of hydrogen-bond donors (Lipinski definition) is 1. The van der Waals surface area contributed by atoms with Crippen molar-refractivity contribution in [2.45, 2.75) is 12.6 Å². The van der Waals surface area contributed by atoms with Gasteiger partial charge in [0, 0.05) is 30.4 Å². The number of aliphatic hydroxyl groups is 1. The fourth-order valence-electron chi connectivity index (χ4n) is 3.16. The minimum atomic E-state index is -0.767. The molecule has 0 saturated carbocycles. The molecule has 0 aromatic carbocycles. The van der Waals surface area contributed by atoms with Crippen molar-refractivity contribution in [2.24, 2.45) is 0 Å². The third-order valence-corrected chi connectivity index (χ3v) is 4.40. The van der Waals surface area contributed by atoms with Gasteiger partial charge in [-0.1, -0.05) is 6.07 Å². The van der Waals surface area contributed by atoms with Crippen molar-refractivity contribution in [3.63, 3.8) is 0 Å². The Balaban J connectivity index is 1.86. The standard InChI is InChI=1S/C20H15N3O4/c24-18(13-5-8-21-9-6-13)16-17(14-3-1-7-22-11-14)23(20(26)19(16)25)12-15-4-2-10-27-15/h1-11,17,24H,12H2/b18-16+. The number of carbonyl (C=O) groups is 2. The number of hydrogen-bond acceptors (Lipinski definition) is 6. The van der Waals surface area contributed by atoms with E-state index in [0.717, 1.165) is 0 Å². The Labute approximate surface area is 154 Å². The molecule has 1 fully saturated rings. The molecular weight excluding hydrogens is 346 g/mol. The highest BCUT2D eigenvalue weighted by Crippen LogP contribution is 2.39. The third-order valence-electron chi connectivity index (χ3n) is 4.40. The molecule has 1 unspecified atom stereocenters. The van der Waals surface area contributed by atoms with Gasteiger partial charge in [0.1, 0.15) is 11.5 Å². The van der Waals surface area contributed by atoms with Crippen molar-refractivity contribution in [3.8, 4) is 0 Å². The van der Waals surface area contributed by atoms with Gasteiger partial charge in [0.25, 0.3) is 11.7 Å². The zero-order chi connectivity index (χ0) is 18.8. The second-order valence-corrected chi connectivity index (χ2v) is 6.03. The van der Waals surface area contributed by atoms with Crippen LogP contribution in [0.4, 0.5) is 0 Å². The summed E-state index contributed by atoms with van der Waals surface area (Å²) in [4.78, 5) is 34.9. The number of aromatic nitrogens is 2. The highest BCUT2D eigenvalue weighted by Gasteiger charge is 2.46. The minimum absolute atomic E-state index is 0.0192. The maximum absolute atomic E-state index is 12.8. The second kappa shape index (κ2) is 6.87. The monoisotopic (exact) mass is 361 g/mol. The van der Waals surface area contributed by atoms with Gasteiger partial charge in [-0.05, 0) is 35.9 Å². The van der Waals surface area contributed by atoms with Crippen molar-refractivity contribution < 1.29 is 19.1 Å². The van der Waals surface area contributed by atoms with Crippen molar-refractivity contribution in [3.05, 3.63) is 89.9 Å². The summed E-state index contributed by atoms with van der Waals surface area (Å²) >= 11 is 0. The predicted octanol–water partition coefficient (Wildman–Crippen LogP) is 2.69. The van der Waals surface area contributed by atoms with Gasteiger partial charge in [-0.25, -0.2) is 0 Å². The van der Waals surface area contributed by atoms with Crippen LogP contribution in [0.1, 0.15) is 22.9 Å². The Morgan fingerprint density at radius 2 is 1.89 bits per heavy atom. The number of nitrogens with zero attached hydrogens (tertiary/aromatic N) is 3. The number of furan rings is 1. The summed E-state index contributed by atoms with van der Waals surface area (Å²) in [5, 5.41) is 10.8. The van der Waals surface area contributed by atoms with Gasteiger partial charge < -0.3 is 14.4 Å². The van der Waals surface area contributed by atoms with E-state index in [1.165, 1.54) is 23.6 Å². The predicted molar refractivity (Wildman–Crippen MR) is 95.0 cm³/mol. The summed E-state index contributed by atoms with van der Waals surface area (Å²) in [7, 11) is 0. The molecule has 0 aliphatic carbocycles. The van der Waals surface area contributed by atoms with Crippen molar-refractivity contribution in [1.29, 1.82) is 0 Å². The van der Waals surface area contributed by atoms with Gasteiger partial charge in [-0.15, -0.1) is 0 Å². The molecule has 3 aromatic rings. The lowest BCUT2D eigenvalue weighted by Gasteiger charge is -2.24. The Hall–Kier alpha value is -3.74. The van der Waals surface area contributed by atoms with Gasteiger partial charge in [0.15, 0.2) is 0 Å². The van der Waals surface area contributed by atoms with Crippen LogP contribution in [-0.2, 0) is 16.1 Å². The van der Waals surface area contributed by atoms with Gasteiger partial charge in [-0.3, -0.25) is 19.6 Å². The van der Waals surface area contributed by atoms with Gasteiger partial charge in [0.2, 0.25) is 0 Å². The molecule has 1 amide bonds. The number of ketones is 1. The van der Waals surface area contributed by atoms with E-state index in [4.69, 9.17) is 4.42 Å². The van der Waals surface area contributed by atoms with Crippen molar-refractivity contribution in [1.82, 2.24) is 14.9 Å². The zero-order valence-electron chi connectivity index (χ0n) is 14.1. The number of carbonyl (C=O) groups excluding carboxylic acids is 2. The maximum Gasteiger partial charge on any atom is 0.296 e. The molecule has 1 aliphatic rings. The first kappa shape index (κ1) is 16.7. The van der Waals surface area contributed by atoms with Crippen LogP contribution in [0.15, 0.2) is 77.4 Å². The number of pyridine rings is 2. The summed E-state index contributed by atoms with van der Waals surface area (Å²) in [6.45, 7) is 0.101.